The molecule has 2 heterocycles. The summed E-state index contributed by atoms with van der Waals surface area (Å²) in [4.78, 5) is 25.8. The molecule has 1 N–H and O–H groups in total. The topological polar surface area (TPSA) is 120 Å². The van der Waals surface area contributed by atoms with Gasteiger partial charge in [0, 0.05) is 19.0 Å². The minimum atomic E-state index is -3.24. The number of pyridine rings is 1. The highest BCUT2D eigenvalue weighted by molar-refractivity contribution is 7.94. The number of amides is 1. The Morgan fingerprint density at radius 1 is 1.24 bits per heavy atom. The Labute approximate surface area is 197 Å². The lowest BCUT2D eigenvalue weighted by Crippen LogP contribution is -2.34. The molecule has 0 saturated heterocycles. The fourth-order valence-electron chi connectivity index (χ4n) is 4.14. The number of carbonyl (C=O) groups excluding carboxylic acids is 1. The molecule has 2 saturated carbocycles. The summed E-state index contributed by atoms with van der Waals surface area (Å²) in [5.74, 6) is -0.407. The van der Waals surface area contributed by atoms with E-state index < -0.39 is 26.1 Å². The number of carbonyl (C=O) groups is 1. The van der Waals surface area contributed by atoms with Crippen molar-refractivity contribution in [1.29, 1.82) is 0 Å². The first-order valence-corrected chi connectivity index (χ1v) is 12.8. The second-order valence-corrected chi connectivity index (χ2v) is 11.9. The Bertz CT molecular complexity index is 1440. The molecule has 2 aliphatic rings. The molecule has 0 unspecified atom stereocenters. The Morgan fingerprint density at radius 2 is 1.94 bits per heavy atom. The zero-order valence-corrected chi connectivity index (χ0v) is 19.9. The lowest BCUT2D eigenvalue weighted by atomic mass is 10.1. The number of hydrogen-bond donors (Lipinski definition) is 1. The van der Waals surface area contributed by atoms with Gasteiger partial charge in [0.2, 0.25) is 0 Å². The molecule has 178 valence electrons. The molecule has 0 spiro atoms. The molecule has 2 aromatic heterocycles. The second-order valence-electron chi connectivity index (χ2n) is 9.26. The molecule has 0 atom stereocenters. The fraction of sp³-hybridized carbons (Fsp3) is 0.417. The van der Waals surface area contributed by atoms with E-state index in [0.29, 0.717) is 43.1 Å². The van der Waals surface area contributed by atoms with Crippen LogP contribution < -0.4 is 15.6 Å². The first kappa shape index (κ1) is 22.5. The molecule has 0 bridgehead atoms. The van der Waals surface area contributed by atoms with Crippen LogP contribution in [-0.4, -0.2) is 45.7 Å². The maximum Gasteiger partial charge on any atom is 0.263 e. The van der Waals surface area contributed by atoms with Crippen molar-refractivity contribution in [3.8, 4) is 5.88 Å². The van der Waals surface area contributed by atoms with Crippen molar-refractivity contribution < 1.29 is 17.9 Å². The molecule has 10 heteroatoms. The van der Waals surface area contributed by atoms with Crippen molar-refractivity contribution in [1.82, 2.24) is 20.1 Å². The van der Waals surface area contributed by atoms with Gasteiger partial charge in [0.1, 0.15) is 22.4 Å². The third-order valence-corrected chi connectivity index (χ3v) is 9.74. The predicted molar refractivity (Wildman–Crippen MR) is 127 cm³/mol. The van der Waals surface area contributed by atoms with Crippen molar-refractivity contribution in [3.05, 3.63) is 63.6 Å². The van der Waals surface area contributed by atoms with Gasteiger partial charge in [-0.05, 0) is 44.2 Å². The minimum Gasteiger partial charge on any atom is -0.473 e. The van der Waals surface area contributed by atoms with Gasteiger partial charge in [-0.25, -0.2) is 8.42 Å². The lowest BCUT2D eigenvalue weighted by molar-refractivity contribution is 0.0949. The smallest absolute Gasteiger partial charge is 0.263 e. The number of ether oxygens (including phenoxy) is 1. The maximum atomic E-state index is 13.0. The highest BCUT2D eigenvalue weighted by Gasteiger charge is 2.60. The summed E-state index contributed by atoms with van der Waals surface area (Å²) in [6.07, 6.45) is 4.00. The van der Waals surface area contributed by atoms with E-state index >= 15 is 0 Å². The highest BCUT2D eigenvalue weighted by Crippen LogP contribution is 2.50. The molecular formula is C24H26N4O5S. The summed E-state index contributed by atoms with van der Waals surface area (Å²) in [7, 11) is -1.71. The standard InChI is InChI=1S/C24H26N4O5S/c1-15-3-5-16(6-4-15)12-25-21(29)19-11-17-13-26-27-22(20(17)28(2)23(19)30)33-14-24(9-10-24)34(31,32)18-7-8-18/h3-6,11,13,18H,7-10,12,14H2,1-2H3,(H,25,29). The SMILES string of the molecule is Cc1ccc(CNC(=O)c2cc3cnnc(OCC4(S(=O)(=O)C5CC5)CC4)c3n(C)c2=O)cc1. The van der Waals surface area contributed by atoms with Gasteiger partial charge in [0.25, 0.3) is 17.3 Å². The van der Waals surface area contributed by atoms with E-state index in [4.69, 9.17) is 4.74 Å². The summed E-state index contributed by atoms with van der Waals surface area (Å²) in [5.41, 5.74) is 1.90. The van der Waals surface area contributed by atoms with E-state index in [0.717, 1.165) is 11.1 Å². The van der Waals surface area contributed by atoms with Gasteiger partial charge in [-0.2, -0.15) is 5.10 Å². The summed E-state index contributed by atoms with van der Waals surface area (Å²) in [5, 5.41) is 11.0. The van der Waals surface area contributed by atoms with Crippen LogP contribution >= 0.6 is 0 Å². The zero-order valence-electron chi connectivity index (χ0n) is 19.1. The maximum absolute atomic E-state index is 13.0. The summed E-state index contributed by atoms with van der Waals surface area (Å²) >= 11 is 0. The van der Waals surface area contributed by atoms with E-state index in [1.165, 1.54) is 23.9 Å². The van der Waals surface area contributed by atoms with Crippen LogP contribution in [0.4, 0.5) is 0 Å². The van der Waals surface area contributed by atoms with Crippen molar-refractivity contribution in [2.45, 2.75) is 49.1 Å². The van der Waals surface area contributed by atoms with Crippen molar-refractivity contribution in [2.75, 3.05) is 6.61 Å². The molecule has 34 heavy (non-hydrogen) atoms. The second kappa shape index (κ2) is 8.19. The summed E-state index contributed by atoms with van der Waals surface area (Å²) < 4.78 is 31.8. The normalized spacial score (nSPS) is 16.9. The number of fused-ring (bicyclic) bond motifs is 1. The van der Waals surface area contributed by atoms with Crippen LogP contribution in [0.15, 0.2) is 41.3 Å². The molecular weight excluding hydrogens is 456 g/mol. The van der Waals surface area contributed by atoms with E-state index in [1.807, 2.05) is 31.2 Å². The van der Waals surface area contributed by atoms with Crippen LogP contribution in [0.25, 0.3) is 10.9 Å². The van der Waals surface area contributed by atoms with Crippen LogP contribution in [0.2, 0.25) is 0 Å². The molecule has 0 aliphatic heterocycles. The molecule has 1 aromatic carbocycles. The third-order valence-electron chi connectivity index (χ3n) is 6.66. The monoisotopic (exact) mass is 482 g/mol. The van der Waals surface area contributed by atoms with Gasteiger partial charge in [-0.15, -0.1) is 5.10 Å². The van der Waals surface area contributed by atoms with E-state index in [9.17, 15) is 18.0 Å². The Hall–Kier alpha value is -3.27. The van der Waals surface area contributed by atoms with Crippen LogP contribution in [-0.2, 0) is 23.4 Å². The van der Waals surface area contributed by atoms with Gasteiger partial charge >= 0.3 is 0 Å². The number of nitrogens with zero attached hydrogens (tertiary/aromatic N) is 3. The van der Waals surface area contributed by atoms with Crippen molar-refractivity contribution >= 4 is 26.6 Å². The van der Waals surface area contributed by atoms with Crippen molar-refractivity contribution in [2.24, 2.45) is 7.05 Å². The van der Waals surface area contributed by atoms with Gasteiger partial charge in [0.05, 0.1) is 11.4 Å². The van der Waals surface area contributed by atoms with Crippen molar-refractivity contribution in [3.63, 3.8) is 0 Å². The summed E-state index contributed by atoms with van der Waals surface area (Å²) in [6, 6.07) is 9.22. The van der Waals surface area contributed by atoms with E-state index in [1.54, 1.807) is 0 Å². The minimum absolute atomic E-state index is 0.0176. The largest absolute Gasteiger partial charge is 0.473 e. The lowest BCUT2D eigenvalue weighted by Gasteiger charge is -2.17. The Morgan fingerprint density at radius 3 is 2.59 bits per heavy atom. The molecule has 2 fully saturated rings. The van der Waals surface area contributed by atoms with Gasteiger partial charge in [-0.1, -0.05) is 29.8 Å². The van der Waals surface area contributed by atoms with Gasteiger partial charge < -0.3 is 14.6 Å². The molecule has 9 nitrogen and oxygen atoms in total. The highest BCUT2D eigenvalue weighted by atomic mass is 32.2. The number of aryl methyl sites for hydroxylation is 2. The fourth-order valence-corrected chi connectivity index (χ4v) is 6.50. The molecule has 2 aliphatic carbocycles. The predicted octanol–water partition coefficient (Wildman–Crippen LogP) is 2.06. The third kappa shape index (κ3) is 3.96. The van der Waals surface area contributed by atoms with Crippen LogP contribution in [0.5, 0.6) is 5.88 Å². The van der Waals surface area contributed by atoms with Crippen LogP contribution in [0, 0.1) is 6.92 Å². The number of benzene rings is 1. The first-order valence-electron chi connectivity index (χ1n) is 11.3. The van der Waals surface area contributed by atoms with E-state index in [2.05, 4.69) is 15.5 Å². The molecule has 5 rings (SSSR count). The molecule has 3 aromatic rings. The van der Waals surface area contributed by atoms with Gasteiger partial charge in [-0.3, -0.25) is 9.59 Å². The Kier molecular flexibility index (Phi) is 5.43. The molecule has 1 amide bonds. The summed E-state index contributed by atoms with van der Waals surface area (Å²) in [6.45, 7) is 2.26. The number of rotatable bonds is 8. The number of nitrogens with one attached hydrogen (secondary N) is 1. The number of aromatic nitrogens is 3. The Balaban J connectivity index is 1.38. The van der Waals surface area contributed by atoms with E-state index in [-0.39, 0.29) is 23.3 Å². The average Bonchev–Trinajstić information content (AvgIpc) is 3.73. The molecule has 0 radical (unpaired) electrons. The van der Waals surface area contributed by atoms with Crippen LogP contribution in [0.1, 0.15) is 47.2 Å². The quantitative estimate of drug-likeness (QED) is 0.522. The number of hydrogen-bond acceptors (Lipinski definition) is 7. The first-order chi connectivity index (χ1) is 16.2. The zero-order chi connectivity index (χ0) is 24.1. The van der Waals surface area contributed by atoms with Crippen LogP contribution in [0.3, 0.4) is 0 Å². The number of sulfone groups is 1. The van der Waals surface area contributed by atoms with Gasteiger partial charge in [0.15, 0.2) is 9.84 Å². The average molecular weight is 483 g/mol.